The van der Waals surface area contributed by atoms with Gasteiger partial charge in [0.25, 0.3) is 5.56 Å². The third kappa shape index (κ3) is 2.84. The van der Waals surface area contributed by atoms with Gasteiger partial charge < -0.3 is 11.1 Å². The maximum Gasteiger partial charge on any atom is 0.273 e. The average Bonchev–Trinajstić information content (AvgIpc) is 2.83. The molecule has 0 unspecified atom stereocenters. The fourth-order valence-corrected chi connectivity index (χ4v) is 3.22. The molecule has 0 bridgehead atoms. The quantitative estimate of drug-likeness (QED) is 0.740. The van der Waals surface area contributed by atoms with Gasteiger partial charge in [0.05, 0.1) is 10.8 Å². The summed E-state index contributed by atoms with van der Waals surface area (Å²) in [5, 5.41) is 6.28. The summed E-state index contributed by atoms with van der Waals surface area (Å²) in [6.45, 7) is 8.40. The second kappa shape index (κ2) is 6.76. The Kier molecular flexibility index (Phi) is 5.13. The van der Waals surface area contributed by atoms with Crippen molar-refractivity contribution < 1.29 is 4.79 Å². The molecule has 2 aromatic rings. The van der Waals surface area contributed by atoms with Crippen molar-refractivity contribution in [3.05, 3.63) is 27.2 Å². The first-order valence-corrected chi connectivity index (χ1v) is 8.34. The zero-order chi connectivity index (χ0) is 18.1. The van der Waals surface area contributed by atoms with Crippen molar-refractivity contribution in [2.45, 2.75) is 47.1 Å². The normalized spacial score (nSPS) is 11.9. The summed E-state index contributed by atoms with van der Waals surface area (Å²) in [6, 6.07) is 0. The molecule has 132 valence electrons. The van der Waals surface area contributed by atoms with E-state index in [1.165, 1.54) is 0 Å². The molecule has 1 amide bonds. The summed E-state index contributed by atoms with van der Waals surface area (Å²) in [7, 11) is 1.76. The predicted octanol–water partition coefficient (Wildman–Crippen LogP) is 1.26. The first-order valence-electron chi connectivity index (χ1n) is 8.34. The molecule has 0 saturated heterocycles. The number of aryl methyl sites for hydroxylation is 3. The van der Waals surface area contributed by atoms with E-state index >= 15 is 0 Å². The number of rotatable bonds is 6. The van der Waals surface area contributed by atoms with Gasteiger partial charge in [-0.05, 0) is 37.8 Å². The minimum Gasteiger partial charge on any atom is -0.351 e. The van der Waals surface area contributed by atoms with Gasteiger partial charge in [-0.15, -0.1) is 0 Å². The number of carbonyl (C=O) groups is 1. The lowest BCUT2D eigenvalue weighted by atomic mass is 9.81. The number of hydrogen-bond donors (Lipinski definition) is 3. The Hall–Kier alpha value is -2.15. The Balaban J connectivity index is 2.36. The highest BCUT2D eigenvalue weighted by Gasteiger charge is 2.33. The molecule has 7 nitrogen and oxygen atoms in total. The van der Waals surface area contributed by atoms with E-state index in [4.69, 9.17) is 5.73 Å². The van der Waals surface area contributed by atoms with Crippen molar-refractivity contribution in [2.75, 3.05) is 6.54 Å². The van der Waals surface area contributed by atoms with Gasteiger partial charge in [-0.2, -0.15) is 0 Å². The summed E-state index contributed by atoms with van der Waals surface area (Å²) in [5.41, 5.74) is 8.30. The zero-order valence-corrected chi connectivity index (χ0v) is 15.1. The number of aromatic nitrogens is 3. The van der Waals surface area contributed by atoms with Crippen molar-refractivity contribution in [1.82, 2.24) is 20.1 Å². The van der Waals surface area contributed by atoms with Crippen LogP contribution in [-0.2, 0) is 18.4 Å². The fourth-order valence-electron chi connectivity index (χ4n) is 3.22. The van der Waals surface area contributed by atoms with E-state index in [1.807, 2.05) is 27.7 Å². The van der Waals surface area contributed by atoms with Crippen molar-refractivity contribution >= 4 is 16.9 Å². The zero-order valence-electron chi connectivity index (χ0n) is 15.1. The van der Waals surface area contributed by atoms with Crippen LogP contribution in [-0.4, -0.2) is 27.2 Å². The van der Waals surface area contributed by atoms with Crippen LogP contribution in [0.4, 0.5) is 0 Å². The summed E-state index contributed by atoms with van der Waals surface area (Å²) >= 11 is 0. The highest BCUT2D eigenvalue weighted by atomic mass is 16.2. The minimum absolute atomic E-state index is 0.0455. The molecule has 7 heteroatoms. The maximum atomic E-state index is 12.6. The molecule has 0 atom stereocenters. The summed E-state index contributed by atoms with van der Waals surface area (Å²) in [4.78, 5) is 29.2. The number of hydrogen-bond acceptors (Lipinski definition) is 4. The van der Waals surface area contributed by atoms with Crippen LogP contribution in [0.15, 0.2) is 4.79 Å². The third-order valence-electron chi connectivity index (χ3n) is 5.23. The number of amides is 1. The van der Waals surface area contributed by atoms with Crippen LogP contribution in [0.1, 0.15) is 43.5 Å². The van der Waals surface area contributed by atoms with Crippen LogP contribution in [0.25, 0.3) is 11.0 Å². The van der Waals surface area contributed by atoms with E-state index in [0.29, 0.717) is 37.0 Å². The molecule has 0 saturated carbocycles. The number of carbonyl (C=O) groups excluding carboxylic acids is 1. The second-order valence-corrected chi connectivity index (χ2v) is 6.37. The lowest BCUT2D eigenvalue weighted by Gasteiger charge is -2.28. The van der Waals surface area contributed by atoms with E-state index in [2.05, 4.69) is 15.4 Å². The largest absolute Gasteiger partial charge is 0.351 e. The smallest absolute Gasteiger partial charge is 0.273 e. The van der Waals surface area contributed by atoms with Gasteiger partial charge in [-0.1, -0.05) is 13.8 Å². The standard InChI is InChI=1S/C17H27N5O2/c1-6-17(7-2,9-18)16(24)19-8-12-10(3)13-14(20-11(12)4)22(5)21-15(13)23/h6-9,18H2,1-5H3,(H,19,24)(H,21,23). The first kappa shape index (κ1) is 18.2. The molecule has 0 aliphatic rings. The molecular formula is C17H27N5O2. The molecule has 2 rings (SSSR count). The molecule has 0 aliphatic carbocycles. The predicted molar refractivity (Wildman–Crippen MR) is 94.7 cm³/mol. The highest BCUT2D eigenvalue weighted by molar-refractivity contribution is 5.83. The van der Waals surface area contributed by atoms with Gasteiger partial charge >= 0.3 is 0 Å². The Labute approximate surface area is 141 Å². The van der Waals surface area contributed by atoms with Crippen molar-refractivity contribution in [1.29, 1.82) is 0 Å². The van der Waals surface area contributed by atoms with Gasteiger partial charge in [-0.25, -0.2) is 4.98 Å². The number of nitrogens with one attached hydrogen (secondary N) is 2. The summed E-state index contributed by atoms with van der Waals surface area (Å²) < 4.78 is 1.62. The highest BCUT2D eigenvalue weighted by Crippen LogP contribution is 2.26. The van der Waals surface area contributed by atoms with E-state index in [1.54, 1.807) is 11.7 Å². The molecule has 4 N–H and O–H groups in total. The molecule has 2 aromatic heterocycles. The van der Waals surface area contributed by atoms with E-state index in [0.717, 1.165) is 16.8 Å². The Morgan fingerprint density at radius 1 is 1.33 bits per heavy atom. The van der Waals surface area contributed by atoms with Gasteiger partial charge in [-0.3, -0.25) is 19.4 Å². The van der Waals surface area contributed by atoms with Gasteiger partial charge in [0.1, 0.15) is 0 Å². The molecule has 0 spiro atoms. The number of fused-ring (bicyclic) bond motifs is 1. The van der Waals surface area contributed by atoms with Crippen LogP contribution in [0.5, 0.6) is 0 Å². The Bertz CT molecular complexity index is 806. The molecule has 0 fully saturated rings. The fraction of sp³-hybridized carbons (Fsp3) is 0.588. The average molecular weight is 333 g/mol. The lowest BCUT2D eigenvalue weighted by molar-refractivity contribution is -0.131. The monoisotopic (exact) mass is 333 g/mol. The van der Waals surface area contributed by atoms with E-state index < -0.39 is 5.41 Å². The molecule has 0 aliphatic heterocycles. The lowest BCUT2D eigenvalue weighted by Crippen LogP contribution is -2.45. The van der Waals surface area contributed by atoms with Gasteiger partial charge in [0, 0.05) is 25.8 Å². The number of nitrogens with two attached hydrogens (primary N) is 1. The topological polar surface area (TPSA) is 106 Å². The van der Waals surface area contributed by atoms with Crippen LogP contribution in [0.3, 0.4) is 0 Å². The minimum atomic E-state index is -0.538. The molecule has 24 heavy (non-hydrogen) atoms. The number of aromatic amines is 1. The van der Waals surface area contributed by atoms with Crippen LogP contribution < -0.4 is 16.6 Å². The van der Waals surface area contributed by atoms with Crippen LogP contribution in [0.2, 0.25) is 0 Å². The summed E-state index contributed by atoms with van der Waals surface area (Å²) in [5.74, 6) is -0.0455. The molecule has 0 radical (unpaired) electrons. The number of H-pyrrole nitrogens is 1. The Morgan fingerprint density at radius 2 is 1.96 bits per heavy atom. The van der Waals surface area contributed by atoms with Crippen molar-refractivity contribution in [3.63, 3.8) is 0 Å². The van der Waals surface area contributed by atoms with E-state index in [9.17, 15) is 9.59 Å². The maximum absolute atomic E-state index is 12.6. The first-order chi connectivity index (χ1) is 11.3. The number of nitrogens with zero attached hydrogens (tertiary/aromatic N) is 2. The van der Waals surface area contributed by atoms with Crippen molar-refractivity contribution in [2.24, 2.45) is 18.2 Å². The molecule has 2 heterocycles. The molecule has 0 aromatic carbocycles. The third-order valence-corrected chi connectivity index (χ3v) is 5.23. The molecular weight excluding hydrogens is 306 g/mol. The van der Waals surface area contributed by atoms with Crippen LogP contribution >= 0.6 is 0 Å². The second-order valence-electron chi connectivity index (χ2n) is 6.37. The van der Waals surface area contributed by atoms with E-state index in [-0.39, 0.29) is 11.5 Å². The Morgan fingerprint density at radius 3 is 2.50 bits per heavy atom. The van der Waals surface area contributed by atoms with Crippen molar-refractivity contribution in [3.8, 4) is 0 Å². The van der Waals surface area contributed by atoms with Gasteiger partial charge in [0.15, 0.2) is 5.65 Å². The van der Waals surface area contributed by atoms with Crippen LogP contribution in [0, 0.1) is 19.3 Å². The SMILES string of the molecule is CCC(CC)(CN)C(=O)NCc1c(C)nc2c(c1C)c(=O)[nH]n2C. The summed E-state index contributed by atoms with van der Waals surface area (Å²) in [6.07, 6.45) is 1.39. The van der Waals surface area contributed by atoms with Gasteiger partial charge in [0.2, 0.25) is 5.91 Å². The number of pyridine rings is 1.